The van der Waals surface area contributed by atoms with Gasteiger partial charge in [0.2, 0.25) is 0 Å². The standard InChI is InChI=1S/C19H24N2O3S/c1-5-14-6-12-17(13-7-14)25(23,24)21-20-18(22)15-8-10-16(11-9-15)19(2,3)4/h6-13,21H,5H2,1-4H3,(H,20,22). The summed E-state index contributed by atoms with van der Waals surface area (Å²) in [5.41, 5.74) is 4.76. The topological polar surface area (TPSA) is 75.3 Å². The number of carbonyl (C=O) groups is 1. The Morgan fingerprint density at radius 2 is 1.52 bits per heavy atom. The predicted octanol–water partition coefficient (Wildman–Crippen LogP) is 3.17. The number of benzene rings is 2. The molecule has 2 rings (SSSR count). The summed E-state index contributed by atoms with van der Waals surface area (Å²) in [7, 11) is -3.80. The molecular weight excluding hydrogens is 336 g/mol. The van der Waals surface area contributed by atoms with Crippen LogP contribution in [0.1, 0.15) is 49.2 Å². The van der Waals surface area contributed by atoms with E-state index in [1.54, 1.807) is 24.3 Å². The van der Waals surface area contributed by atoms with E-state index in [1.165, 1.54) is 12.1 Å². The molecule has 0 spiro atoms. The van der Waals surface area contributed by atoms with E-state index >= 15 is 0 Å². The second kappa shape index (κ2) is 7.37. The minimum absolute atomic E-state index is 0.0127. The van der Waals surface area contributed by atoms with Gasteiger partial charge in [-0.3, -0.25) is 10.2 Å². The largest absolute Gasteiger partial charge is 0.273 e. The molecule has 0 aliphatic carbocycles. The smallest absolute Gasteiger partial charge is 0.266 e. The molecule has 0 fully saturated rings. The van der Waals surface area contributed by atoms with E-state index in [4.69, 9.17) is 0 Å². The van der Waals surface area contributed by atoms with Crippen LogP contribution < -0.4 is 10.3 Å². The zero-order chi connectivity index (χ0) is 18.7. The Bertz CT molecular complexity index is 834. The molecule has 2 N–H and O–H groups in total. The summed E-state index contributed by atoms with van der Waals surface area (Å²) in [4.78, 5) is 14.4. The number of nitrogens with one attached hydrogen (secondary N) is 2. The van der Waals surface area contributed by atoms with Crippen molar-refractivity contribution in [3.05, 3.63) is 65.2 Å². The number of sulfonamides is 1. The molecule has 0 atom stereocenters. The highest BCUT2D eigenvalue weighted by molar-refractivity contribution is 7.89. The third-order valence-electron chi connectivity index (χ3n) is 3.95. The zero-order valence-corrected chi connectivity index (χ0v) is 15.8. The maximum atomic E-state index is 12.2. The number of amides is 1. The third-order valence-corrected chi connectivity index (χ3v) is 5.22. The van der Waals surface area contributed by atoms with Crippen LogP contribution in [-0.2, 0) is 21.9 Å². The van der Waals surface area contributed by atoms with Gasteiger partial charge in [0.15, 0.2) is 0 Å². The van der Waals surface area contributed by atoms with Gasteiger partial charge in [0.25, 0.3) is 15.9 Å². The Hall–Kier alpha value is -2.18. The van der Waals surface area contributed by atoms with Gasteiger partial charge in [-0.2, -0.15) is 0 Å². The molecule has 6 heteroatoms. The van der Waals surface area contributed by atoms with Gasteiger partial charge in [0.1, 0.15) is 0 Å². The van der Waals surface area contributed by atoms with E-state index in [-0.39, 0.29) is 10.3 Å². The SMILES string of the molecule is CCc1ccc(S(=O)(=O)NNC(=O)c2ccc(C(C)(C)C)cc2)cc1. The first-order chi connectivity index (χ1) is 11.6. The quantitative estimate of drug-likeness (QED) is 0.804. The van der Waals surface area contributed by atoms with E-state index in [0.29, 0.717) is 5.56 Å². The monoisotopic (exact) mass is 360 g/mol. The summed E-state index contributed by atoms with van der Waals surface area (Å²) < 4.78 is 24.5. The van der Waals surface area contributed by atoms with Crippen LogP contribution in [0.5, 0.6) is 0 Å². The lowest BCUT2D eigenvalue weighted by Crippen LogP contribution is -2.41. The van der Waals surface area contributed by atoms with Crippen molar-refractivity contribution < 1.29 is 13.2 Å². The molecule has 134 valence electrons. The lowest BCUT2D eigenvalue weighted by Gasteiger charge is -2.19. The summed E-state index contributed by atoms with van der Waals surface area (Å²) >= 11 is 0. The summed E-state index contributed by atoms with van der Waals surface area (Å²) in [6.07, 6.45) is 0.828. The van der Waals surface area contributed by atoms with Crippen molar-refractivity contribution in [2.45, 2.75) is 44.4 Å². The Morgan fingerprint density at radius 3 is 2.00 bits per heavy atom. The van der Waals surface area contributed by atoms with Crippen LogP contribution >= 0.6 is 0 Å². The highest BCUT2D eigenvalue weighted by atomic mass is 32.2. The van der Waals surface area contributed by atoms with Gasteiger partial charge in [-0.15, -0.1) is 4.83 Å². The molecule has 0 saturated heterocycles. The molecule has 1 amide bonds. The summed E-state index contributed by atoms with van der Waals surface area (Å²) in [6.45, 7) is 8.24. The first-order valence-electron chi connectivity index (χ1n) is 8.15. The van der Waals surface area contributed by atoms with Gasteiger partial charge in [-0.1, -0.05) is 52.0 Å². The Labute approximate surface area is 149 Å². The van der Waals surface area contributed by atoms with E-state index in [0.717, 1.165) is 17.5 Å². The summed E-state index contributed by atoms with van der Waals surface area (Å²) in [5, 5.41) is 0. The van der Waals surface area contributed by atoms with Crippen molar-refractivity contribution in [1.82, 2.24) is 10.3 Å². The fourth-order valence-corrected chi connectivity index (χ4v) is 3.11. The zero-order valence-electron chi connectivity index (χ0n) is 15.0. The molecule has 0 unspecified atom stereocenters. The molecule has 0 radical (unpaired) electrons. The Balaban J connectivity index is 2.05. The highest BCUT2D eigenvalue weighted by Gasteiger charge is 2.17. The van der Waals surface area contributed by atoms with Crippen molar-refractivity contribution >= 4 is 15.9 Å². The normalized spacial score (nSPS) is 12.0. The van der Waals surface area contributed by atoms with Crippen LogP contribution in [-0.4, -0.2) is 14.3 Å². The number of aryl methyl sites for hydroxylation is 1. The number of rotatable bonds is 5. The van der Waals surface area contributed by atoms with E-state index in [1.807, 2.05) is 19.1 Å². The molecule has 0 aliphatic rings. The maximum absolute atomic E-state index is 12.2. The lowest BCUT2D eigenvalue weighted by atomic mass is 9.87. The molecule has 0 saturated carbocycles. The molecule has 25 heavy (non-hydrogen) atoms. The van der Waals surface area contributed by atoms with Crippen LogP contribution in [0.2, 0.25) is 0 Å². The first-order valence-corrected chi connectivity index (χ1v) is 9.63. The van der Waals surface area contributed by atoms with Crippen LogP contribution in [0.25, 0.3) is 0 Å². The van der Waals surface area contributed by atoms with Gasteiger partial charge in [-0.25, -0.2) is 8.42 Å². The average Bonchev–Trinajstić information content (AvgIpc) is 2.59. The second-order valence-corrected chi connectivity index (χ2v) is 8.57. The van der Waals surface area contributed by atoms with Crippen LogP contribution in [0.15, 0.2) is 53.4 Å². The lowest BCUT2D eigenvalue weighted by molar-refractivity contribution is 0.0945. The molecule has 0 heterocycles. The van der Waals surface area contributed by atoms with Gasteiger partial charge in [0, 0.05) is 5.56 Å². The fourth-order valence-electron chi connectivity index (χ4n) is 2.27. The second-order valence-electron chi connectivity index (χ2n) is 6.88. The fraction of sp³-hybridized carbons (Fsp3) is 0.316. The Kier molecular flexibility index (Phi) is 5.65. The van der Waals surface area contributed by atoms with Gasteiger partial charge in [-0.05, 0) is 47.2 Å². The minimum atomic E-state index is -3.80. The predicted molar refractivity (Wildman–Crippen MR) is 98.7 cm³/mol. The van der Waals surface area contributed by atoms with Crippen LogP contribution in [0.4, 0.5) is 0 Å². The van der Waals surface area contributed by atoms with Gasteiger partial charge < -0.3 is 0 Å². The van der Waals surface area contributed by atoms with E-state index < -0.39 is 15.9 Å². The van der Waals surface area contributed by atoms with Crippen LogP contribution in [0.3, 0.4) is 0 Å². The van der Waals surface area contributed by atoms with Crippen molar-refractivity contribution in [2.75, 3.05) is 0 Å². The highest BCUT2D eigenvalue weighted by Crippen LogP contribution is 2.22. The number of hydrogen-bond acceptors (Lipinski definition) is 3. The summed E-state index contributed by atoms with van der Waals surface area (Å²) in [6, 6.07) is 13.6. The number of hydrazine groups is 1. The molecular formula is C19H24N2O3S. The molecule has 0 bridgehead atoms. The number of carbonyl (C=O) groups excluding carboxylic acids is 1. The molecule has 0 aliphatic heterocycles. The average molecular weight is 360 g/mol. The summed E-state index contributed by atoms with van der Waals surface area (Å²) in [5.74, 6) is -0.505. The van der Waals surface area contributed by atoms with Crippen molar-refractivity contribution in [3.8, 4) is 0 Å². The first kappa shape index (κ1) is 19.1. The van der Waals surface area contributed by atoms with Crippen molar-refractivity contribution in [1.29, 1.82) is 0 Å². The molecule has 2 aromatic rings. The number of hydrogen-bond donors (Lipinski definition) is 2. The minimum Gasteiger partial charge on any atom is -0.273 e. The third kappa shape index (κ3) is 4.90. The van der Waals surface area contributed by atoms with E-state index in [2.05, 4.69) is 31.0 Å². The van der Waals surface area contributed by atoms with Gasteiger partial charge >= 0.3 is 0 Å². The van der Waals surface area contributed by atoms with Crippen molar-refractivity contribution in [3.63, 3.8) is 0 Å². The molecule has 2 aromatic carbocycles. The maximum Gasteiger partial charge on any atom is 0.266 e. The Morgan fingerprint density at radius 1 is 0.960 bits per heavy atom. The van der Waals surface area contributed by atoms with Gasteiger partial charge in [0.05, 0.1) is 4.90 Å². The molecule has 0 aromatic heterocycles. The van der Waals surface area contributed by atoms with E-state index in [9.17, 15) is 13.2 Å². The van der Waals surface area contributed by atoms with Crippen LogP contribution in [0, 0.1) is 0 Å². The van der Waals surface area contributed by atoms with Crippen molar-refractivity contribution in [2.24, 2.45) is 0 Å². The molecule has 5 nitrogen and oxygen atoms in total.